The summed E-state index contributed by atoms with van der Waals surface area (Å²) in [5.74, 6) is 1.73. The van der Waals surface area contributed by atoms with Crippen molar-refractivity contribution in [1.82, 2.24) is 20.1 Å². The summed E-state index contributed by atoms with van der Waals surface area (Å²) in [6, 6.07) is 8.25. The molecule has 11 rings (SSSR count). The number of likely N-dealkylation sites (N-methyl/N-ethyl adjacent to an activating group) is 1. The van der Waals surface area contributed by atoms with Crippen molar-refractivity contribution in [1.29, 1.82) is 0 Å². The lowest BCUT2D eigenvalue weighted by Crippen LogP contribution is -2.69. The van der Waals surface area contributed by atoms with Gasteiger partial charge in [0.1, 0.15) is 24.1 Å². The van der Waals surface area contributed by atoms with E-state index in [0.29, 0.717) is 47.9 Å². The number of carbonyl (C=O) groups is 2. The van der Waals surface area contributed by atoms with Crippen molar-refractivity contribution in [3.63, 3.8) is 0 Å². The van der Waals surface area contributed by atoms with Gasteiger partial charge in [-0.05, 0) is 62.9 Å². The number of nitrogens with one attached hydrogen (secondary N) is 2. The van der Waals surface area contributed by atoms with Gasteiger partial charge in [-0.3, -0.25) is 24.7 Å². The van der Waals surface area contributed by atoms with Gasteiger partial charge in [0.25, 0.3) is 0 Å². The zero-order valence-electron chi connectivity index (χ0n) is 32.8. The molecular formula is C43H48N4O9S. The van der Waals surface area contributed by atoms with Crippen LogP contribution >= 0.6 is 11.8 Å². The highest BCUT2D eigenvalue weighted by Crippen LogP contribution is 2.64. The lowest BCUT2D eigenvalue weighted by atomic mass is 9.73. The molecule has 1 unspecified atom stereocenters. The fourth-order valence-corrected chi connectivity index (χ4v) is 12.6. The van der Waals surface area contributed by atoms with Crippen molar-refractivity contribution in [2.45, 2.75) is 87.6 Å². The molecule has 8 heterocycles. The summed E-state index contributed by atoms with van der Waals surface area (Å²) in [6.45, 7) is 6.16. The van der Waals surface area contributed by atoms with E-state index < -0.39 is 35.1 Å². The minimum absolute atomic E-state index is 0.0185. The molecule has 1 spiro atoms. The third-order valence-electron chi connectivity index (χ3n) is 13.3. The van der Waals surface area contributed by atoms with E-state index in [1.807, 2.05) is 46.0 Å². The van der Waals surface area contributed by atoms with E-state index in [0.717, 1.165) is 56.4 Å². The summed E-state index contributed by atoms with van der Waals surface area (Å²) >= 11 is 1.59. The first-order valence-corrected chi connectivity index (χ1v) is 21.0. The molecule has 4 N–H and O–H groups in total. The Hall–Kier alpha value is -4.31. The number of hydrogen-bond acceptors (Lipinski definition) is 13. The number of benzene rings is 3. The first-order chi connectivity index (χ1) is 27.6. The largest absolute Gasteiger partial charge is 0.504 e. The van der Waals surface area contributed by atoms with Gasteiger partial charge in [-0.15, -0.1) is 11.8 Å². The first-order valence-electron chi connectivity index (χ1n) is 19.9. The van der Waals surface area contributed by atoms with Crippen LogP contribution in [-0.2, 0) is 32.7 Å². The van der Waals surface area contributed by atoms with Crippen LogP contribution in [0.15, 0.2) is 30.3 Å². The molecule has 3 aromatic carbocycles. The number of aliphatic hydroxyl groups excluding tert-OH is 1. The van der Waals surface area contributed by atoms with Gasteiger partial charge in [-0.2, -0.15) is 0 Å². The van der Waals surface area contributed by atoms with Gasteiger partial charge in [-0.25, -0.2) is 0 Å². The zero-order chi connectivity index (χ0) is 39.5. The van der Waals surface area contributed by atoms with Crippen LogP contribution in [0.3, 0.4) is 0 Å². The number of aliphatic hydroxyl groups is 1. The maximum Gasteiger partial charge on any atom is 0.311 e. The summed E-state index contributed by atoms with van der Waals surface area (Å²) in [6.07, 6.45) is 1.09. The topological polar surface area (TPSA) is 155 Å². The van der Waals surface area contributed by atoms with E-state index in [9.17, 15) is 19.8 Å². The number of aryl methyl sites for hydroxylation is 1. The van der Waals surface area contributed by atoms with E-state index in [4.69, 9.17) is 23.7 Å². The van der Waals surface area contributed by atoms with E-state index in [-0.39, 0.29) is 55.7 Å². The Morgan fingerprint density at radius 2 is 1.93 bits per heavy atom. The maximum atomic E-state index is 14.9. The number of esters is 1. The van der Waals surface area contributed by atoms with Gasteiger partial charge in [0.15, 0.2) is 28.8 Å². The second-order valence-electron chi connectivity index (χ2n) is 16.2. The fourth-order valence-electron chi connectivity index (χ4n) is 10.8. The predicted molar refractivity (Wildman–Crippen MR) is 212 cm³/mol. The maximum absolute atomic E-state index is 14.9. The molecule has 0 saturated carbocycles. The standard InChI is InChI=1S/C43H48N4O9S/c1-6-9-29(49)56-37-21(3)38-39(55-19-54-38)31-27-16-53-17-28(48)43(41-24(12-13-44-43)23-10-7-8-11-25(23)45-41)18-57-40(32(31)37)34-33-30-22(14-20(2)36(52-5)35(30)50)15-26(46(33)4)42(51)47(27)34/h7-8,10-11,14,26-27,33-34,40,42,44-45,50-51H,6,9,12-13,15-19H2,1-5H3/t26-,27+,33-,34?,40+,42-,43-/m0/s1. The number of piperazine rings is 1. The van der Waals surface area contributed by atoms with Crippen LogP contribution < -0.4 is 24.3 Å². The van der Waals surface area contributed by atoms with Crippen molar-refractivity contribution >= 4 is 34.4 Å². The van der Waals surface area contributed by atoms with Gasteiger partial charge in [0.05, 0.1) is 37.1 Å². The molecule has 57 heavy (non-hydrogen) atoms. The number of H-pyrrole nitrogens is 1. The number of carbonyl (C=O) groups excluding carboxylic acids is 2. The molecule has 4 bridgehead atoms. The summed E-state index contributed by atoms with van der Waals surface area (Å²) in [7, 11) is 3.57. The first kappa shape index (κ1) is 37.0. The Bertz CT molecular complexity index is 2350. The van der Waals surface area contributed by atoms with Gasteiger partial charge < -0.3 is 38.9 Å². The van der Waals surface area contributed by atoms with Crippen LogP contribution in [0, 0.1) is 13.8 Å². The van der Waals surface area contributed by atoms with E-state index in [1.165, 1.54) is 0 Å². The summed E-state index contributed by atoms with van der Waals surface area (Å²) in [5.41, 5.74) is 6.37. The average molecular weight is 797 g/mol. The van der Waals surface area contributed by atoms with Crippen LogP contribution in [0.4, 0.5) is 0 Å². The number of para-hydroxylation sites is 1. The molecule has 7 aliphatic rings. The van der Waals surface area contributed by atoms with E-state index in [2.05, 4.69) is 32.2 Å². The number of rotatable bonds is 4. The number of aromatic nitrogens is 1. The smallest absolute Gasteiger partial charge is 0.311 e. The lowest BCUT2D eigenvalue weighted by molar-refractivity contribution is -0.181. The number of methoxy groups -OCH3 is 1. The summed E-state index contributed by atoms with van der Waals surface area (Å²) in [5, 5.41) is 29.1. The zero-order valence-corrected chi connectivity index (χ0v) is 33.6. The molecule has 1 aromatic heterocycles. The molecule has 13 nitrogen and oxygen atoms in total. The molecule has 300 valence electrons. The Balaban J connectivity index is 1.24. The normalized spacial score (nSPS) is 29.1. The number of phenols is 1. The minimum Gasteiger partial charge on any atom is -0.504 e. The molecule has 7 atom stereocenters. The third-order valence-corrected chi connectivity index (χ3v) is 14.8. The molecule has 0 radical (unpaired) electrons. The number of ketones is 1. The monoisotopic (exact) mass is 796 g/mol. The third kappa shape index (κ3) is 5.20. The van der Waals surface area contributed by atoms with Crippen LogP contribution in [0.5, 0.6) is 28.7 Å². The summed E-state index contributed by atoms with van der Waals surface area (Å²) in [4.78, 5) is 36.4. The predicted octanol–water partition coefficient (Wildman–Crippen LogP) is 5.00. The van der Waals surface area contributed by atoms with Crippen LogP contribution in [0.25, 0.3) is 10.9 Å². The molecule has 7 aliphatic heterocycles. The van der Waals surface area contributed by atoms with E-state index in [1.54, 1.807) is 18.9 Å². The van der Waals surface area contributed by atoms with Gasteiger partial charge in [-0.1, -0.05) is 31.2 Å². The number of hydrogen-bond donors (Lipinski definition) is 4. The van der Waals surface area contributed by atoms with Crippen LogP contribution in [0.1, 0.15) is 81.7 Å². The SMILES string of the molecule is CCCC(=O)Oc1c(C)c2c(c3c1[C@H]1SC[C@]4(NCCc5c4[nH]c4ccccc54)C(=O)COC[C@H]3N3C1[C@@H]1c4c(cc(C)c(OC)c4O)C[C@@H]([C@@H]3O)N1C)OCO2. The average Bonchev–Trinajstić information content (AvgIpc) is 3.83. The number of nitrogens with zero attached hydrogens (tertiary/aromatic N) is 2. The number of aromatic amines is 1. The van der Waals surface area contributed by atoms with Gasteiger partial charge in [0, 0.05) is 63.6 Å². The van der Waals surface area contributed by atoms with Crippen LogP contribution in [-0.4, -0.2) is 102 Å². The number of Topliss-reactive ketones (excluding diaryl/α,β-unsaturated/α-hetero) is 1. The van der Waals surface area contributed by atoms with Gasteiger partial charge >= 0.3 is 5.97 Å². The Labute approximate surface area is 334 Å². The number of thioether (sulfide) groups is 1. The molecule has 14 heteroatoms. The number of fused-ring (bicyclic) bond motifs is 12. The minimum atomic E-state index is -1.15. The second-order valence-corrected chi connectivity index (χ2v) is 17.4. The van der Waals surface area contributed by atoms with Crippen molar-refractivity contribution in [2.75, 3.05) is 46.5 Å². The number of phenolic OH excluding ortho intramolecular Hbond substituents is 1. The molecule has 4 aromatic rings. The lowest BCUT2D eigenvalue weighted by Gasteiger charge is -2.61. The molecule has 0 amide bonds. The molecule has 2 fully saturated rings. The number of ether oxygens (including phenoxy) is 5. The highest BCUT2D eigenvalue weighted by atomic mass is 32.2. The van der Waals surface area contributed by atoms with Crippen molar-refractivity contribution in [2.24, 2.45) is 0 Å². The fraction of sp³-hybridized carbons (Fsp3) is 0.488. The Morgan fingerprint density at radius 1 is 1.12 bits per heavy atom. The van der Waals surface area contributed by atoms with Gasteiger partial charge in [0.2, 0.25) is 6.79 Å². The van der Waals surface area contributed by atoms with Crippen LogP contribution in [0.2, 0.25) is 0 Å². The van der Waals surface area contributed by atoms with Crippen molar-refractivity contribution in [3.05, 3.63) is 75.0 Å². The quantitative estimate of drug-likeness (QED) is 0.162. The summed E-state index contributed by atoms with van der Waals surface area (Å²) < 4.78 is 31.2. The second kappa shape index (κ2) is 13.6. The Kier molecular flexibility index (Phi) is 8.85. The van der Waals surface area contributed by atoms with Crippen molar-refractivity contribution < 1.29 is 43.5 Å². The molecule has 2 saturated heterocycles. The number of aromatic hydroxyl groups is 1. The highest BCUT2D eigenvalue weighted by Gasteiger charge is 2.61. The molecule has 0 aliphatic carbocycles. The molecular weight excluding hydrogens is 749 g/mol. The highest BCUT2D eigenvalue weighted by molar-refractivity contribution is 7.99. The van der Waals surface area contributed by atoms with Crippen molar-refractivity contribution in [3.8, 4) is 28.7 Å². The Morgan fingerprint density at radius 3 is 2.74 bits per heavy atom. The van der Waals surface area contributed by atoms with E-state index >= 15 is 0 Å².